The van der Waals surface area contributed by atoms with Gasteiger partial charge in [-0.05, 0) is 38.8 Å². The zero-order valence-corrected chi connectivity index (χ0v) is 12.7. The average molecular weight is 267 g/mol. The first-order valence-electron chi connectivity index (χ1n) is 6.44. The molecule has 0 amide bonds. The first-order chi connectivity index (χ1) is 8.38. The smallest absolute Gasteiger partial charge is 0.0755 e. The molecule has 0 saturated carbocycles. The van der Waals surface area contributed by atoms with E-state index in [0.717, 1.165) is 11.5 Å². The minimum Gasteiger partial charge on any atom is -0.391 e. The van der Waals surface area contributed by atoms with Gasteiger partial charge >= 0.3 is 0 Å². The summed E-state index contributed by atoms with van der Waals surface area (Å²) in [5.74, 6) is 1.75. The zero-order chi connectivity index (χ0) is 13.6. The Bertz CT molecular complexity index is 360. The van der Waals surface area contributed by atoms with Crippen molar-refractivity contribution in [1.82, 2.24) is 5.32 Å². The number of rotatable bonds is 6. The van der Waals surface area contributed by atoms with Crippen molar-refractivity contribution < 1.29 is 5.11 Å². The molecule has 1 aromatic rings. The maximum Gasteiger partial charge on any atom is 0.0755 e. The molecule has 2 nitrogen and oxygen atoms in total. The van der Waals surface area contributed by atoms with E-state index in [9.17, 15) is 5.11 Å². The molecule has 0 spiro atoms. The second-order valence-electron chi connectivity index (χ2n) is 5.73. The lowest BCUT2D eigenvalue weighted by Crippen LogP contribution is -2.41. The number of aliphatic hydroxyl groups is 1. The summed E-state index contributed by atoms with van der Waals surface area (Å²) in [4.78, 5) is 0. The second-order valence-corrected chi connectivity index (χ2v) is 6.76. The average Bonchev–Trinajstić information content (AvgIpc) is 2.28. The van der Waals surface area contributed by atoms with Crippen LogP contribution < -0.4 is 5.32 Å². The van der Waals surface area contributed by atoms with Crippen LogP contribution in [-0.2, 0) is 5.75 Å². The number of benzene rings is 1. The Morgan fingerprint density at radius 1 is 1.28 bits per heavy atom. The summed E-state index contributed by atoms with van der Waals surface area (Å²) in [5.41, 5.74) is 2.76. The summed E-state index contributed by atoms with van der Waals surface area (Å²) in [7, 11) is 0. The number of nitrogens with one attached hydrogen (secondary N) is 1. The molecule has 0 bridgehead atoms. The van der Waals surface area contributed by atoms with E-state index in [0.29, 0.717) is 6.54 Å². The molecule has 1 atom stereocenters. The molecule has 0 saturated heterocycles. The molecule has 0 aliphatic carbocycles. The minimum atomic E-state index is -0.279. The highest BCUT2D eigenvalue weighted by Crippen LogP contribution is 2.16. The monoisotopic (exact) mass is 267 g/mol. The highest BCUT2D eigenvalue weighted by atomic mass is 32.2. The molecule has 1 unspecified atom stereocenters. The molecule has 1 rings (SSSR count). The van der Waals surface area contributed by atoms with Gasteiger partial charge in [0.1, 0.15) is 0 Å². The van der Waals surface area contributed by atoms with Gasteiger partial charge in [0.15, 0.2) is 0 Å². The highest BCUT2D eigenvalue weighted by molar-refractivity contribution is 7.98. The van der Waals surface area contributed by atoms with E-state index in [-0.39, 0.29) is 11.6 Å². The number of hydrogen-bond donors (Lipinski definition) is 2. The van der Waals surface area contributed by atoms with E-state index >= 15 is 0 Å². The Morgan fingerprint density at radius 2 is 1.94 bits per heavy atom. The minimum absolute atomic E-state index is 0.0711. The van der Waals surface area contributed by atoms with Gasteiger partial charge in [-0.1, -0.05) is 24.3 Å². The molecular formula is C15H25NOS. The standard InChI is InChI=1S/C15H25NOS/c1-12-7-5-6-8-13(12)10-18-11-14(17)9-16-15(2,3)4/h5-8,14,16-17H,9-11H2,1-4H3. The molecule has 0 aliphatic heterocycles. The normalized spacial score (nSPS) is 13.6. The quantitative estimate of drug-likeness (QED) is 0.831. The SMILES string of the molecule is Cc1ccccc1CSCC(O)CNC(C)(C)C. The third-order valence-corrected chi connectivity index (χ3v) is 3.83. The van der Waals surface area contributed by atoms with Crippen LogP contribution in [0.25, 0.3) is 0 Å². The van der Waals surface area contributed by atoms with E-state index in [1.54, 1.807) is 11.8 Å². The van der Waals surface area contributed by atoms with Crippen LogP contribution in [0.2, 0.25) is 0 Å². The maximum absolute atomic E-state index is 9.88. The molecule has 2 N–H and O–H groups in total. The first kappa shape index (κ1) is 15.5. The number of hydrogen-bond acceptors (Lipinski definition) is 3. The van der Waals surface area contributed by atoms with Crippen molar-refractivity contribution in [2.75, 3.05) is 12.3 Å². The van der Waals surface area contributed by atoms with Crippen LogP contribution in [0, 0.1) is 6.92 Å². The second kappa shape index (κ2) is 7.17. The third kappa shape index (κ3) is 6.43. The summed E-state index contributed by atoms with van der Waals surface area (Å²) in [6.07, 6.45) is -0.279. The van der Waals surface area contributed by atoms with Crippen molar-refractivity contribution in [3.05, 3.63) is 35.4 Å². The maximum atomic E-state index is 9.88. The van der Waals surface area contributed by atoms with Crippen LogP contribution in [0.4, 0.5) is 0 Å². The van der Waals surface area contributed by atoms with Crippen LogP contribution in [0.3, 0.4) is 0 Å². The van der Waals surface area contributed by atoms with Crippen LogP contribution in [-0.4, -0.2) is 29.0 Å². The number of aliphatic hydroxyl groups excluding tert-OH is 1. The third-order valence-electron chi connectivity index (χ3n) is 2.70. The van der Waals surface area contributed by atoms with E-state index in [1.807, 2.05) is 0 Å². The molecule has 0 heterocycles. The molecule has 0 fully saturated rings. The fourth-order valence-corrected chi connectivity index (χ4v) is 2.61. The van der Waals surface area contributed by atoms with Crippen LogP contribution in [0.1, 0.15) is 31.9 Å². The van der Waals surface area contributed by atoms with Gasteiger partial charge in [-0.3, -0.25) is 0 Å². The predicted molar refractivity (Wildman–Crippen MR) is 81.1 cm³/mol. The molecule has 0 radical (unpaired) electrons. The van der Waals surface area contributed by atoms with Gasteiger partial charge in [-0.15, -0.1) is 0 Å². The van der Waals surface area contributed by atoms with Crippen molar-refractivity contribution in [3.8, 4) is 0 Å². The lowest BCUT2D eigenvalue weighted by Gasteiger charge is -2.22. The number of thioether (sulfide) groups is 1. The van der Waals surface area contributed by atoms with Crippen molar-refractivity contribution >= 4 is 11.8 Å². The fraction of sp³-hybridized carbons (Fsp3) is 0.600. The highest BCUT2D eigenvalue weighted by Gasteiger charge is 2.12. The summed E-state index contributed by atoms with van der Waals surface area (Å²) in [6.45, 7) is 9.12. The van der Waals surface area contributed by atoms with Crippen molar-refractivity contribution in [1.29, 1.82) is 0 Å². The Kier molecular flexibility index (Phi) is 6.19. The Morgan fingerprint density at radius 3 is 2.56 bits per heavy atom. The van der Waals surface area contributed by atoms with Gasteiger partial charge in [0.05, 0.1) is 6.10 Å². The lowest BCUT2D eigenvalue weighted by atomic mass is 10.1. The fourth-order valence-electron chi connectivity index (χ4n) is 1.56. The summed E-state index contributed by atoms with van der Waals surface area (Å²) in [6, 6.07) is 8.42. The number of aryl methyl sites for hydroxylation is 1. The van der Waals surface area contributed by atoms with Crippen LogP contribution in [0.5, 0.6) is 0 Å². The number of β-amino-alcohol motifs (C(OH)–C–C–N with tert-alkyl or cyclic N) is 1. The molecule has 0 aliphatic rings. The van der Waals surface area contributed by atoms with E-state index in [4.69, 9.17) is 0 Å². The first-order valence-corrected chi connectivity index (χ1v) is 7.59. The van der Waals surface area contributed by atoms with Gasteiger partial charge in [0.2, 0.25) is 0 Å². The van der Waals surface area contributed by atoms with Crippen molar-refractivity contribution in [3.63, 3.8) is 0 Å². The van der Waals surface area contributed by atoms with Crippen molar-refractivity contribution in [2.45, 2.75) is 45.1 Å². The Hall–Kier alpha value is -0.510. The van der Waals surface area contributed by atoms with Crippen LogP contribution in [0.15, 0.2) is 24.3 Å². The Labute approximate surface area is 115 Å². The van der Waals surface area contributed by atoms with Gasteiger partial charge in [-0.2, -0.15) is 11.8 Å². The van der Waals surface area contributed by atoms with Gasteiger partial charge in [0, 0.05) is 23.6 Å². The molecule has 18 heavy (non-hydrogen) atoms. The zero-order valence-electron chi connectivity index (χ0n) is 11.9. The van der Waals surface area contributed by atoms with Gasteiger partial charge in [-0.25, -0.2) is 0 Å². The molecule has 1 aromatic carbocycles. The molecule has 3 heteroatoms. The molecular weight excluding hydrogens is 242 g/mol. The molecule has 102 valence electrons. The largest absolute Gasteiger partial charge is 0.391 e. The topological polar surface area (TPSA) is 32.3 Å². The Balaban J connectivity index is 2.24. The summed E-state index contributed by atoms with van der Waals surface area (Å²) in [5, 5.41) is 13.2. The van der Waals surface area contributed by atoms with Gasteiger partial charge < -0.3 is 10.4 Å². The van der Waals surface area contributed by atoms with Gasteiger partial charge in [0.25, 0.3) is 0 Å². The summed E-state index contributed by atoms with van der Waals surface area (Å²) < 4.78 is 0. The molecule has 0 aromatic heterocycles. The van der Waals surface area contributed by atoms with Crippen molar-refractivity contribution in [2.24, 2.45) is 0 Å². The van der Waals surface area contributed by atoms with E-state index in [1.165, 1.54) is 11.1 Å². The van der Waals surface area contributed by atoms with E-state index < -0.39 is 0 Å². The van der Waals surface area contributed by atoms with Crippen LogP contribution >= 0.6 is 11.8 Å². The predicted octanol–water partition coefficient (Wildman–Crippen LogP) is 2.98. The van der Waals surface area contributed by atoms with E-state index in [2.05, 4.69) is 57.3 Å². The lowest BCUT2D eigenvalue weighted by molar-refractivity contribution is 0.183. The summed E-state index contributed by atoms with van der Waals surface area (Å²) >= 11 is 1.79.